The Bertz CT molecular complexity index is 708. The number of rotatable bonds is 3. The zero-order valence-electron chi connectivity index (χ0n) is 10.5. The van der Waals surface area contributed by atoms with Crippen molar-refractivity contribution < 1.29 is 18.7 Å². The SMILES string of the molecule is O=C(Cc1cccc(F)c1F)Nc1cc(Cl)cc(Cl)c1O. The second-order valence-electron chi connectivity index (χ2n) is 4.22. The predicted octanol–water partition coefficient (Wildman–Crippen LogP) is 4.16. The Kier molecular flexibility index (Phi) is 4.65. The minimum atomic E-state index is -1.08. The molecule has 0 aliphatic rings. The van der Waals surface area contributed by atoms with Gasteiger partial charge in [-0.2, -0.15) is 0 Å². The summed E-state index contributed by atoms with van der Waals surface area (Å²) in [6, 6.07) is 6.15. The summed E-state index contributed by atoms with van der Waals surface area (Å²) in [4.78, 5) is 11.8. The van der Waals surface area contributed by atoms with E-state index in [1.165, 1.54) is 24.3 Å². The standard InChI is InChI=1S/C14H9Cl2F2NO2/c15-8-5-9(16)14(21)11(6-8)19-12(20)4-7-2-1-3-10(17)13(7)18/h1-3,5-6,21H,4H2,(H,19,20). The Balaban J connectivity index is 2.18. The third kappa shape index (κ3) is 3.62. The zero-order chi connectivity index (χ0) is 15.6. The van der Waals surface area contributed by atoms with E-state index < -0.39 is 24.0 Å². The van der Waals surface area contributed by atoms with E-state index in [9.17, 15) is 18.7 Å². The molecule has 110 valence electrons. The molecule has 0 bridgehead atoms. The van der Waals surface area contributed by atoms with E-state index in [4.69, 9.17) is 23.2 Å². The number of carbonyl (C=O) groups is 1. The number of benzene rings is 2. The van der Waals surface area contributed by atoms with Crippen LogP contribution in [0.3, 0.4) is 0 Å². The Morgan fingerprint density at radius 3 is 2.67 bits per heavy atom. The molecule has 2 aromatic carbocycles. The maximum Gasteiger partial charge on any atom is 0.229 e. The molecule has 3 nitrogen and oxygen atoms in total. The van der Waals surface area contributed by atoms with Gasteiger partial charge in [0.25, 0.3) is 0 Å². The largest absolute Gasteiger partial charge is 0.504 e. The molecule has 1 amide bonds. The number of carbonyl (C=O) groups excluding carboxylic acids is 1. The Labute approximate surface area is 129 Å². The molecule has 0 aromatic heterocycles. The van der Waals surface area contributed by atoms with Crippen LogP contribution in [0.15, 0.2) is 30.3 Å². The lowest BCUT2D eigenvalue weighted by atomic mass is 10.1. The lowest BCUT2D eigenvalue weighted by Gasteiger charge is -2.09. The van der Waals surface area contributed by atoms with Crippen molar-refractivity contribution in [3.63, 3.8) is 0 Å². The molecule has 0 aliphatic heterocycles. The van der Waals surface area contributed by atoms with E-state index in [2.05, 4.69) is 5.32 Å². The molecule has 0 atom stereocenters. The van der Waals surface area contributed by atoms with Crippen LogP contribution in [0.4, 0.5) is 14.5 Å². The molecule has 2 N–H and O–H groups in total. The highest BCUT2D eigenvalue weighted by Crippen LogP contribution is 2.35. The van der Waals surface area contributed by atoms with Crippen LogP contribution in [0.25, 0.3) is 0 Å². The first-order valence-corrected chi connectivity index (χ1v) is 6.55. The molecular weight excluding hydrogens is 323 g/mol. The van der Waals surface area contributed by atoms with E-state index in [1.54, 1.807) is 0 Å². The molecule has 0 heterocycles. The van der Waals surface area contributed by atoms with Crippen molar-refractivity contribution in [2.45, 2.75) is 6.42 Å². The molecule has 0 spiro atoms. The summed E-state index contributed by atoms with van der Waals surface area (Å²) in [5.41, 5.74) is -0.102. The maximum absolute atomic E-state index is 13.5. The Morgan fingerprint density at radius 2 is 1.95 bits per heavy atom. The second kappa shape index (κ2) is 6.28. The van der Waals surface area contributed by atoms with Gasteiger partial charge in [-0.05, 0) is 18.2 Å². The highest BCUT2D eigenvalue weighted by Gasteiger charge is 2.14. The van der Waals surface area contributed by atoms with Crippen molar-refractivity contribution >= 4 is 34.8 Å². The van der Waals surface area contributed by atoms with Crippen molar-refractivity contribution in [3.8, 4) is 5.75 Å². The first-order valence-electron chi connectivity index (χ1n) is 5.79. The summed E-state index contributed by atoms with van der Waals surface area (Å²) in [6.07, 6.45) is -0.396. The maximum atomic E-state index is 13.5. The van der Waals surface area contributed by atoms with Gasteiger partial charge < -0.3 is 10.4 Å². The van der Waals surface area contributed by atoms with E-state index in [0.29, 0.717) is 0 Å². The minimum Gasteiger partial charge on any atom is -0.504 e. The molecule has 2 rings (SSSR count). The van der Waals surface area contributed by atoms with E-state index in [0.717, 1.165) is 6.07 Å². The van der Waals surface area contributed by atoms with Gasteiger partial charge >= 0.3 is 0 Å². The summed E-state index contributed by atoms with van der Waals surface area (Å²) >= 11 is 11.5. The van der Waals surface area contributed by atoms with Gasteiger partial charge in [0.05, 0.1) is 17.1 Å². The van der Waals surface area contributed by atoms with Gasteiger partial charge in [-0.25, -0.2) is 8.78 Å². The molecule has 0 aliphatic carbocycles. The number of nitrogens with one attached hydrogen (secondary N) is 1. The van der Waals surface area contributed by atoms with Crippen LogP contribution in [0, 0.1) is 11.6 Å². The van der Waals surface area contributed by atoms with Gasteiger partial charge in [-0.1, -0.05) is 35.3 Å². The van der Waals surface area contributed by atoms with Gasteiger partial charge in [0, 0.05) is 10.6 Å². The van der Waals surface area contributed by atoms with E-state index in [-0.39, 0.29) is 27.0 Å². The number of phenols is 1. The van der Waals surface area contributed by atoms with Crippen molar-refractivity contribution in [1.29, 1.82) is 0 Å². The van der Waals surface area contributed by atoms with Crippen molar-refractivity contribution in [1.82, 2.24) is 0 Å². The van der Waals surface area contributed by atoms with Gasteiger partial charge in [-0.15, -0.1) is 0 Å². The molecule has 0 unspecified atom stereocenters. The van der Waals surface area contributed by atoms with E-state index in [1.807, 2.05) is 0 Å². The molecule has 0 saturated carbocycles. The lowest BCUT2D eigenvalue weighted by molar-refractivity contribution is -0.115. The summed E-state index contributed by atoms with van der Waals surface area (Å²) in [5.74, 6) is -3.11. The topological polar surface area (TPSA) is 49.3 Å². The van der Waals surface area contributed by atoms with Crippen LogP contribution in [-0.4, -0.2) is 11.0 Å². The second-order valence-corrected chi connectivity index (χ2v) is 5.07. The fraction of sp³-hybridized carbons (Fsp3) is 0.0714. The number of amides is 1. The Morgan fingerprint density at radius 1 is 1.24 bits per heavy atom. The highest BCUT2D eigenvalue weighted by atomic mass is 35.5. The highest BCUT2D eigenvalue weighted by molar-refractivity contribution is 6.36. The number of aromatic hydroxyl groups is 1. The number of hydrogen-bond donors (Lipinski definition) is 2. The van der Waals surface area contributed by atoms with Gasteiger partial charge in [0.2, 0.25) is 5.91 Å². The molecule has 21 heavy (non-hydrogen) atoms. The summed E-state index contributed by atoms with van der Waals surface area (Å²) in [6.45, 7) is 0. The fourth-order valence-corrected chi connectivity index (χ4v) is 2.21. The normalized spacial score (nSPS) is 10.5. The average molecular weight is 332 g/mol. The van der Waals surface area contributed by atoms with Gasteiger partial charge in [0.15, 0.2) is 17.4 Å². The number of phenolic OH excluding ortho intramolecular Hbond substituents is 1. The van der Waals surface area contributed by atoms with E-state index >= 15 is 0 Å². The quantitative estimate of drug-likeness (QED) is 0.830. The van der Waals surface area contributed by atoms with Crippen LogP contribution in [0.2, 0.25) is 10.0 Å². The molecule has 0 fully saturated rings. The molecule has 7 heteroatoms. The third-order valence-corrected chi connectivity index (χ3v) is 3.19. The summed E-state index contributed by atoms with van der Waals surface area (Å²) in [5, 5.41) is 12.2. The minimum absolute atomic E-state index is 0.00527. The average Bonchev–Trinajstić information content (AvgIpc) is 2.40. The third-order valence-electron chi connectivity index (χ3n) is 2.68. The van der Waals surface area contributed by atoms with Crippen molar-refractivity contribution in [2.75, 3.05) is 5.32 Å². The molecule has 0 saturated heterocycles. The zero-order valence-corrected chi connectivity index (χ0v) is 12.0. The molecule has 0 radical (unpaired) electrons. The number of halogens is 4. The first kappa shape index (κ1) is 15.5. The number of hydrogen-bond acceptors (Lipinski definition) is 2. The monoisotopic (exact) mass is 331 g/mol. The smallest absolute Gasteiger partial charge is 0.229 e. The lowest BCUT2D eigenvalue weighted by Crippen LogP contribution is -2.15. The van der Waals surface area contributed by atoms with Gasteiger partial charge in [-0.3, -0.25) is 4.79 Å². The summed E-state index contributed by atoms with van der Waals surface area (Å²) in [7, 11) is 0. The molecular formula is C14H9Cl2F2NO2. The predicted molar refractivity (Wildman–Crippen MR) is 76.8 cm³/mol. The van der Waals surface area contributed by atoms with Gasteiger partial charge in [0.1, 0.15) is 0 Å². The van der Waals surface area contributed by atoms with Crippen LogP contribution in [0.1, 0.15) is 5.56 Å². The van der Waals surface area contributed by atoms with Crippen LogP contribution in [0.5, 0.6) is 5.75 Å². The van der Waals surface area contributed by atoms with Crippen LogP contribution in [-0.2, 0) is 11.2 Å². The van der Waals surface area contributed by atoms with Crippen LogP contribution < -0.4 is 5.32 Å². The van der Waals surface area contributed by atoms with Crippen LogP contribution >= 0.6 is 23.2 Å². The van der Waals surface area contributed by atoms with Crippen molar-refractivity contribution in [3.05, 3.63) is 57.6 Å². The molecule has 2 aromatic rings. The Hall–Kier alpha value is -1.85. The fourth-order valence-electron chi connectivity index (χ4n) is 1.71. The summed E-state index contributed by atoms with van der Waals surface area (Å²) < 4.78 is 26.5. The van der Waals surface area contributed by atoms with Crippen molar-refractivity contribution in [2.24, 2.45) is 0 Å². The first-order chi connectivity index (χ1) is 9.88. The number of anilines is 1.